The van der Waals surface area contributed by atoms with Gasteiger partial charge >= 0.3 is 6.09 Å². The third-order valence-electron chi connectivity index (χ3n) is 2.41. The van der Waals surface area contributed by atoms with Crippen molar-refractivity contribution < 1.29 is 18.4 Å². The summed E-state index contributed by atoms with van der Waals surface area (Å²) < 4.78 is 23.8. The number of carbonyl (C=O) groups excluding carboxylic acids is 1. The lowest BCUT2D eigenvalue weighted by atomic mass is 10.1. The van der Waals surface area contributed by atoms with Crippen molar-refractivity contribution in [2.75, 3.05) is 11.1 Å². The minimum Gasteiger partial charge on any atom is -0.444 e. The molecule has 0 fully saturated rings. The van der Waals surface area contributed by atoms with Crippen molar-refractivity contribution in [2.24, 2.45) is 0 Å². The van der Waals surface area contributed by atoms with Crippen LogP contribution in [0.3, 0.4) is 0 Å². The first-order chi connectivity index (χ1) is 9.74. The highest BCUT2D eigenvalue weighted by atomic mass is 19.1. The summed E-state index contributed by atoms with van der Waals surface area (Å²) in [5, 5.41) is 5.91. The van der Waals surface area contributed by atoms with Crippen LogP contribution in [0.5, 0.6) is 0 Å². The molecule has 2 rings (SSSR count). The maximum Gasteiger partial charge on any atom is 0.412 e. The van der Waals surface area contributed by atoms with E-state index in [9.17, 15) is 9.18 Å². The summed E-state index contributed by atoms with van der Waals surface area (Å²) >= 11 is 0. The summed E-state index contributed by atoms with van der Waals surface area (Å²) in [4.78, 5) is 11.7. The lowest BCUT2D eigenvalue weighted by Crippen LogP contribution is -2.27. The molecule has 0 saturated heterocycles. The van der Waals surface area contributed by atoms with Gasteiger partial charge in [-0.3, -0.25) is 5.32 Å². The van der Waals surface area contributed by atoms with Crippen LogP contribution in [0.2, 0.25) is 0 Å². The molecule has 0 atom stereocenters. The molecule has 2 aromatic rings. The van der Waals surface area contributed by atoms with Crippen molar-refractivity contribution in [3.8, 4) is 11.3 Å². The molecule has 0 radical (unpaired) electrons. The van der Waals surface area contributed by atoms with E-state index in [-0.39, 0.29) is 11.5 Å². The van der Waals surface area contributed by atoms with Gasteiger partial charge in [-0.15, -0.1) is 0 Å². The molecule has 112 valence electrons. The van der Waals surface area contributed by atoms with Gasteiger partial charge in [0.15, 0.2) is 11.6 Å². The highest BCUT2D eigenvalue weighted by Gasteiger charge is 2.18. The first-order valence-electron chi connectivity index (χ1n) is 6.27. The van der Waals surface area contributed by atoms with E-state index in [1.165, 1.54) is 24.3 Å². The normalized spacial score (nSPS) is 11.2. The Kier molecular flexibility index (Phi) is 3.84. The Hall–Kier alpha value is -2.57. The standard InChI is InChI=1S/C14H16FN3O3/c1-14(2,3)20-13(19)17-10-6-8(4-5-9(10)15)11-7-12(16)18-21-11/h4-7H,1-3H3,(H2,16,18)(H,17,19). The van der Waals surface area contributed by atoms with E-state index in [2.05, 4.69) is 10.5 Å². The van der Waals surface area contributed by atoms with E-state index >= 15 is 0 Å². The predicted molar refractivity (Wildman–Crippen MR) is 76.2 cm³/mol. The summed E-state index contributed by atoms with van der Waals surface area (Å²) in [6, 6.07) is 5.63. The molecular weight excluding hydrogens is 277 g/mol. The minimum absolute atomic E-state index is 0.0169. The average molecular weight is 293 g/mol. The molecule has 0 aliphatic rings. The molecule has 0 bridgehead atoms. The molecule has 1 aromatic carbocycles. The van der Waals surface area contributed by atoms with E-state index in [0.29, 0.717) is 11.3 Å². The number of hydrogen-bond donors (Lipinski definition) is 2. The van der Waals surface area contributed by atoms with Crippen LogP contribution in [0.25, 0.3) is 11.3 Å². The summed E-state index contributed by atoms with van der Waals surface area (Å²) in [6.45, 7) is 5.16. The number of aromatic nitrogens is 1. The SMILES string of the molecule is CC(C)(C)OC(=O)Nc1cc(-c2cc(N)no2)ccc1F. The van der Waals surface area contributed by atoms with Gasteiger partial charge in [-0.25, -0.2) is 9.18 Å². The number of nitrogens with one attached hydrogen (secondary N) is 1. The smallest absolute Gasteiger partial charge is 0.412 e. The first kappa shape index (κ1) is 14.8. The Balaban J connectivity index is 2.22. The van der Waals surface area contributed by atoms with E-state index < -0.39 is 17.5 Å². The number of nitrogens with zero attached hydrogens (tertiary/aromatic N) is 1. The monoisotopic (exact) mass is 293 g/mol. The number of carbonyl (C=O) groups is 1. The second-order valence-electron chi connectivity index (χ2n) is 5.44. The maximum atomic E-state index is 13.7. The van der Waals surface area contributed by atoms with E-state index in [4.69, 9.17) is 15.0 Å². The molecule has 1 heterocycles. The zero-order valence-corrected chi connectivity index (χ0v) is 11.9. The third-order valence-corrected chi connectivity index (χ3v) is 2.41. The summed E-state index contributed by atoms with van der Waals surface area (Å²) in [5.41, 5.74) is 5.31. The van der Waals surface area contributed by atoms with Crippen LogP contribution in [-0.2, 0) is 4.74 Å². The predicted octanol–water partition coefficient (Wildman–Crippen LogP) is 3.41. The molecule has 0 saturated carbocycles. The van der Waals surface area contributed by atoms with Crippen molar-refractivity contribution >= 4 is 17.6 Å². The minimum atomic E-state index is -0.740. The van der Waals surface area contributed by atoms with Crippen LogP contribution in [0.4, 0.5) is 20.7 Å². The first-order valence-corrected chi connectivity index (χ1v) is 6.27. The number of nitrogen functional groups attached to an aromatic ring is 1. The van der Waals surface area contributed by atoms with Gasteiger partial charge in [-0.2, -0.15) is 0 Å². The highest BCUT2D eigenvalue weighted by Crippen LogP contribution is 2.26. The van der Waals surface area contributed by atoms with Crippen molar-refractivity contribution in [3.63, 3.8) is 0 Å². The van der Waals surface area contributed by atoms with E-state index in [1.807, 2.05) is 0 Å². The lowest BCUT2D eigenvalue weighted by molar-refractivity contribution is 0.0635. The molecule has 0 spiro atoms. The Bertz CT molecular complexity index is 662. The van der Waals surface area contributed by atoms with Crippen LogP contribution < -0.4 is 11.1 Å². The number of halogens is 1. The molecular formula is C14H16FN3O3. The Labute approximate surface area is 121 Å². The lowest BCUT2D eigenvalue weighted by Gasteiger charge is -2.19. The van der Waals surface area contributed by atoms with Gasteiger partial charge in [0.1, 0.15) is 11.4 Å². The topological polar surface area (TPSA) is 90.4 Å². The van der Waals surface area contributed by atoms with Gasteiger partial charge in [0, 0.05) is 11.6 Å². The summed E-state index contributed by atoms with van der Waals surface area (Å²) in [7, 11) is 0. The fraction of sp³-hybridized carbons (Fsp3) is 0.286. The third kappa shape index (κ3) is 3.95. The van der Waals surface area contributed by atoms with Crippen LogP contribution in [0.15, 0.2) is 28.8 Å². The highest BCUT2D eigenvalue weighted by molar-refractivity contribution is 5.86. The second-order valence-corrected chi connectivity index (χ2v) is 5.44. The van der Waals surface area contributed by atoms with Crippen LogP contribution >= 0.6 is 0 Å². The van der Waals surface area contributed by atoms with Crippen molar-refractivity contribution in [1.82, 2.24) is 5.16 Å². The van der Waals surface area contributed by atoms with Gasteiger partial charge in [-0.1, -0.05) is 5.16 Å². The maximum absolute atomic E-state index is 13.7. The number of ether oxygens (including phenoxy) is 1. The van der Waals surface area contributed by atoms with E-state index in [1.54, 1.807) is 20.8 Å². The van der Waals surface area contributed by atoms with Crippen molar-refractivity contribution in [2.45, 2.75) is 26.4 Å². The van der Waals surface area contributed by atoms with Crippen molar-refractivity contribution in [3.05, 3.63) is 30.1 Å². The van der Waals surface area contributed by atoms with Gasteiger partial charge in [0.05, 0.1) is 5.69 Å². The number of nitrogens with two attached hydrogens (primary N) is 1. The van der Waals surface area contributed by atoms with E-state index in [0.717, 1.165) is 0 Å². The second kappa shape index (κ2) is 5.43. The molecule has 3 N–H and O–H groups in total. The number of amides is 1. The fourth-order valence-corrected chi connectivity index (χ4v) is 1.61. The van der Waals surface area contributed by atoms with Gasteiger partial charge in [0.2, 0.25) is 0 Å². The number of benzene rings is 1. The Morgan fingerprint density at radius 2 is 2.10 bits per heavy atom. The average Bonchev–Trinajstić information content (AvgIpc) is 2.76. The molecule has 1 aromatic heterocycles. The number of anilines is 2. The van der Waals surface area contributed by atoms with Crippen molar-refractivity contribution in [1.29, 1.82) is 0 Å². The summed E-state index contributed by atoms with van der Waals surface area (Å²) in [5.74, 6) is 0.00723. The van der Waals surface area contributed by atoms with Gasteiger partial charge < -0.3 is 15.0 Å². The summed E-state index contributed by atoms with van der Waals surface area (Å²) in [6.07, 6.45) is -0.740. The molecule has 0 aliphatic heterocycles. The van der Waals surface area contributed by atoms with Crippen LogP contribution in [0, 0.1) is 5.82 Å². The molecule has 1 amide bonds. The fourth-order valence-electron chi connectivity index (χ4n) is 1.61. The number of rotatable bonds is 2. The number of hydrogen-bond acceptors (Lipinski definition) is 5. The van der Waals surface area contributed by atoms with Crippen LogP contribution in [-0.4, -0.2) is 16.9 Å². The quantitative estimate of drug-likeness (QED) is 0.885. The molecule has 21 heavy (non-hydrogen) atoms. The largest absolute Gasteiger partial charge is 0.444 e. The Morgan fingerprint density at radius 3 is 2.67 bits per heavy atom. The van der Waals surface area contributed by atoms with Crippen LogP contribution in [0.1, 0.15) is 20.8 Å². The molecule has 6 nitrogen and oxygen atoms in total. The molecule has 0 unspecified atom stereocenters. The zero-order chi connectivity index (χ0) is 15.6. The Morgan fingerprint density at radius 1 is 1.38 bits per heavy atom. The molecule has 0 aliphatic carbocycles. The zero-order valence-electron chi connectivity index (χ0n) is 11.9. The van der Waals surface area contributed by atoms with Gasteiger partial charge in [0.25, 0.3) is 0 Å². The molecule has 7 heteroatoms. The van der Waals surface area contributed by atoms with Gasteiger partial charge in [-0.05, 0) is 39.0 Å².